The smallest absolute Gasteiger partial charge is 0.235 e. The fourth-order valence-electron chi connectivity index (χ4n) is 8.67. The summed E-state index contributed by atoms with van der Waals surface area (Å²) in [6.45, 7) is 4.30. The first-order chi connectivity index (χ1) is 24.8. The topological polar surface area (TPSA) is 30.7 Å². The Morgan fingerprint density at radius 2 is 1.20 bits per heavy atom. The minimum Gasteiger partial charge on any atom is -0.278 e. The van der Waals surface area contributed by atoms with E-state index in [0.29, 0.717) is 5.95 Å². The normalized spacial score (nSPS) is 13.9. The fraction of sp³-hybridized carbons (Fsp3) is 0.0213. The van der Waals surface area contributed by atoms with Crippen molar-refractivity contribution in [2.24, 2.45) is 0 Å². The van der Waals surface area contributed by atoms with Crippen LogP contribution in [0.1, 0.15) is 17.0 Å². The lowest BCUT2D eigenvalue weighted by molar-refractivity contribution is 1.02. The van der Waals surface area contributed by atoms with Crippen LogP contribution in [0.15, 0.2) is 164 Å². The molecule has 0 bridgehead atoms. The number of rotatable bonds is 3. The van der Waals surface area contributed by atoms with E-state index in [4.69, 9.17) is 9.97 Å². The first kappa shape index (κ1) is 27.4. The maximum absolute atomic E-state index is 5.53. The average molecular weight is 636 g/mol. The maximum atomic E-state index is 5.53. The molecular formula is C47H29N3. The van der Waals surface area contributed by atoms with Crippen molar-refractivity contribution < 1.29 is 0 Å². The van der Waals surface area contributed by atoms with Crippen molar-refractivity contribution in [1.29, 1.82) is 0 Å². The molecule has 3 heteroatoms. The van der Waals surface area contributed by atoms with Gasteiger partial charge in [0.05, 0.1) is 22.2 Å². The third-order valence-corrected chi connectivity index (χ3v) is 10.8. The van der Waals surface area contributed by atoms with Crippen LogP contribution in [0.2, 0.25) is 0 Å². The summed E-state index contributed by atoms with van der Waals surface area (Å²) in [7, 11) is 0. The summed E-state index contributed by atoms with van der Waals surface area (Å²) in [6.07, 6.45) is 2.10. The summed E-state index contributed by atoms with van der Waals surface area (Å²) >= 11 is 0. The molecule has 10 aromatic rings. The van der Waals surface area contributed by atoms with Gasteiger partial charge in [0, 0.05) is 33.0 Å². The lowest BCUT2D eigenvalue weighted by atomic mass is 9.91. The molecule has 1 aliphatic carbocycles. The predicted molar refractivity (Wildman–Crippen MR) is 209 cm³/mol. The Kier molecular flexibility index (Phi) is 5.59. The Labute approximate surface area is 288 Å². The number of benzene rings is 8. The molecule has 0 amide bonds. The largest absolute Gasteiger partial charge is 0.278 e. The summed E-state index contributed by atoms with van der Waals surface area (Å²) in [5.41, 5.74) is 10.3. The molecule has 3 nitrogen and oxygen atoms in total. The van der Waals surface area contributed by atoms with Gasteiger partial charge in [0.25, 0.3) is 0 Å². The third-order valence-electron chi connectivity index (χ3n) is 10.8. The van der Waals surface area contributed by atoms with Gasteiger partial charge in [-0.2, -0.15) is 0 Å². The summed E-state index contributed by atoms with van der Waals surface area (Å²) in [5.74, 6) is 0.792. The summed E-state index contributed by atoms with van der Waals surface area (Å²) in [5, 5.41) is 10.6. The molecule has 0 fully saturated rings. The van der Waals surface area contributed by atoms with E-state index in [-0.39, 0.29) is 5.92 Å². The second-order valence-corrected chi connectivity index (χ2v) is 13.3. The first-order valence-corrected chi connectivity index (χ1v) is 17.2. The number of para-hydroxylation sites is 1. The molecule has 1 unspecified atom stereocenters. The average Bonchev–Trinajstić information content (AvgIpc) is 3.69. The van der Waals surface area contributed by atoms with Crippen molar-refractivity contribution in [3.8, 4) is 28.3 Å². The molecular weight excluding hydrogens is 607 g/mol. The van der Waals surface area contributed by atoms with Crippen LogP contribution in [0, 0.1) is 0 Å². The first-order valence-electron chi connectivity index (χ1n) is 17.2. The highest BCUT2D eigenvalue weighted by molar-refractivity contribution is 6.27. The number of hydrogen-bond acceptors (Lipinski definition) is 2. The Morgan fingerprint density at radius 1 is 0.520 bits per heavy atom. The van der Waals surface area contributed by atoms with Crippen LogP contribution >= 0.6 is 0 Å². The van der Waals surface area contributed by atoms with E-state index >= 15 is 0 Å². The second kappa shape index (κ2) is 10.2. The Bertz CT molecular complexity index is 3060. The number of aromatic nitrogens is 3. The molecule has 8 aromatic carbocycles. The quantitative estimate of drug-likeness (QED) is 0.143. The van der Waals surface area contributed by atoms with E-state index in [1.54, 1.807) is 0 Å². The van der Waals surface area contributed by atoms with E-state index < -0.39 is 0 Å². The highest BCUT2D eigenvalue weighted by Crippen LogP contribution is 2.49. The van der Waals surface area contributed by atoms with Crippen molar-refractivity contribution in [3.63, 3.8) is 0 Å². The predicted octanol–water partition coefficient (Wildman–Crippen LogP) is 12.2. The van der Waals surface area contributed by atoms with Gasteiger partial charge in [-0.15, -0.1) is 6.58 Å². The van der Waals surface area contributed by atoms with Gasteiger partial charge in [-0.1, -0.05) is 140 Å². The molecule has 0 radical (unpaired) electrons. The van der Waals surface area contributed by atoms with Crippen molar-refractivity contribution in [2.75, 3.05) is 0 Å². The Hall–Kier alpha value is -6.58. The minimum absolute atomic E-state index is 0.126. The summed E-state index contributed by atoms with van der Waals surface area (Å²) < 4.78 is 2.28. The van der Waals surface area contributed by atoms with Gasteiger partial charge in [0.15, 0.2) is 0 Å². The van der Waals surface area contributed by atoms with E-state index in [2.05, 4.69) is 169 Å². The van der Waals surface area contributed by atoms with E-state index in [1.165, 1.54) is 54.6 Å². The van der Waals surface area contributed by atoms with Gasteiger partial charge in [0.2, 0.25) is 5.95 Å². The van der Waals surface area contributed by atoms with Gasteiger partial charge >= 0.3 is 0 Å². The number of nitrogens with zero attached hydrogens (tertiary/aromatic N) is 3. The SMILES string of the molecule is C=CC1c2ccccc2-c2ccc3cc4c5ccccc5n(-c5nc(-c6ccccc6)c6c7ccccc7c7ccccc7c6n5)c4cc3c21. The zero-order chi connectivity index (χ0) is 32.9. The van der Waals surface area contributed by atoms with Gasteiger partial charge in [-0.05, 0) is 67.4 Å². The fourth-order valence-corrected chi connectivity index (χ4v) is 8.67. The third kappa shape index (κ3) is 3.64. The molecule has 0 N–H and O–H groups in total. The van der Waals surface area contributed by atoms with Gasteiger partial charge in [-0.3, -0.25) is 4.57 Å². The standard InChI is InChI=1S/C47H29N3/c1-2-30-31-16-6-7-17-32(31)37-25-24-29-26-40-35-20-12-13-23-41(35)50(42(40)27-39(29)43(30)37)47-48-45(28-14-4-3-5-15-28)44-36-21-10-8-18-33(36)34-19-9-11-22-38(34)46(44)49-47/h2-27,30H,1H2. The van der Waals surface area contributed by atoms with Crippen LogP contribution in [-0.2, 0) is 0 Å². The van der Waals surface area contributed by atoms with Gasteiger partial charge in [-0.25, -0.2) is 9.97 Å². The van der Waals surface area contributed by atoms with Gasteiger partial charge < -0.3 is 0 Å². The van der Waals surface area contributed by atoms with Crippen LogP contribution in [0.3, 0.4) is 0 Å². The highest BCUT2D eigenvalue weighted by Gasteiger charge is 2.29. The van der Waals surface area contributed by atoms with Crippen LogP contribution in [0.4, 0.5) is 0 Å². The number of fused-ring (bicyclic) bond motifs is 14. The van der Waals surface area contributed by atoms with Crippen molar-refractivity contribution in [2.45, 2.75) is 5.92 Å². The minimum atomic E-state index is 0.126. The van der Waals surface area contributed by atoms with Crippen LogP contribution in [0.5, 0.6) is 0 Å². The molecule has 2 aromatic heterocycles. The van der Waals surface area contributed by atoms with E-state index in [0.717, 1.165) is 44.0 Å². The summed E-state index contributed by atoms with van der Waals surface area (Å²) in [4.78, 5) is 11.1. The molecule has 0 spiro atoms. The Balaban J connectivity index is 1.30. The molecule has 0 saturated heterocycles. The van der Waals surface area contributed by atoms with Crippen LogP contribution in [0.25, 0.3) is 93.4 Å². The van der Waals surface area contributed by atoms with Crippen LogP contribution < -0.4 is 0 Å². The van der Waals surface area contributed by atoms with Crippen molar-refractivity contribution >= 4 is 65.0 Å². The monoisotopic (exact) mass is 635 g/mol. The second-order valence-electron chi connectivity index (χ2n) is 13.3. The highest BCUT2D eigenvalue weighted by atomic mass is 15.2. The molecule has 1 aliphatic rings. The number of allylic oxidation sites excluding steroid dienone is 1. The lowest BCUT2D eigenvalue weighted by Gasteiger charge is -2.16. The number of hydrogen-bond donors (Lipinski definition) is 0. The molecule has 1 atom stereocenters. The summed E-state index contributed by atoms with van der Waals surface area (Å²) in [6, 6.07) is 54.6. The molecule has 0 saturated carbocycles. The van der Waals surface area contributed by atoms with Crippen molar-refractivity contribution in [1.82, 2.24) is 14.5 Å². The van der Waals surface area contributed by atoms with Gasteiger partial charge in [0.1, 0.15) is 0 Å². The molecule has 50 heavy (non-hydrogen) atoms. The molecule has 0 aliphatic heterocycles. The van der Waals surface area contributed by atoms with Crippen LogP contribution in [-0.4, -0.2) is 14.5 Å². The zero-order valence-corrected chi connectivity index (χ0v) is 27.1. The van der Waals surface area contributed by atoms with E-state index in [9.17, 15) is 0 Å². The maximum Gasteiger partial charge on any atom is 0.235 e. The van der Waals surface area contributed by atoms with Crippen molar-refractivity contribution in [3.05, 3.63) is 175 Å². The Morgan fingerprint density at radius 3 is 2.02 bits per heavy atom. The molecule has 232 valence electrons. The molecule has 11 rings (SSSR count). The molecule has 2 heterocycles. The van der Waals surface area contributed by atoms with E-state index in [1.807, 2.05) is 0 Å². The lowest BCUT2D eigenvalue weighted by Crippen LogP contribution is -2.04. The zero-order valence-electron chi connectivity index (χ0n) is 27.1.